The summed E-state index contributed by atoms with van der Waals surface area (Å²) in [5.74, 6) is 0.339. The predicted octanol–water partition coefficient (Wildman–Crippen LogP) is 6.26. The molecule has 0 spiro atoms. The van der Waals surface area contributed by atoms with Crippen molar-refractivity contribution in [2.75, 3.05) is 13.7 Å². The van der Waals surface area contributed by atoms with E-state index in [4.69, 9.17) is 18.9 Å². The van der Waals surface area contributed by atoms with Crippen LogP contribution in [0, 0.1) is 5.92 Å². The van der Waals surface area contributed by atoms with E-state index in [1.165, 1.54) is 6.08 Å². The van der Waals surface area contributed by atoms with Crippen molar-refractivity contribution < 1.29 is 23.7 Å². The Labute approximate surface area is 210 Å². The van der Waals surface area contributed by atoms with Crippen LogP contribution in [0.1, 0.15) is 31.4 Å². The maximum absolute atomic E-state index is 12.0. The minimum Gasteiger partial charge on any atom is -0.497 e. The molecule has 33 heavy (non-hydrogen) atoms. The summed E-state index contributed by atoms with van der Waals surface area (Å²) < 4.78 is 25.1. The van der Waals surface area contributed by atoms with Gasteiger partial charge in [0.05, 0.1) is 33.0 Å². The molecule has 0 aromatic heterocycles. The van der Waals surface area contributed by atoms with E-state index < -0.39 is 5.97 Å². The second-order valence-electron chi connectivity index (χ2n) is 7.89. The zero-order chi connectivity index (χ0) is 24.1. The van der Waals surface area contributed by atoms with E-state index in [0.29, 0.717) is 26.2 Å². The number of ether oxygens (including phenoxy) is 4. The largest absolute Gasteiger partial charge is 0.497 e. The van der Waals surface area contributed by atoms with Gasteiger partial charge in [0.1, 0.15) is 11.9 Å². The fourth-order valence-electron chi connectivity index (χ4n) is 3.22. The van der Waals surface area contributed by atoms with Crippen LogP contribution in [-0.2, 0) is 32.2 Å². The molecule has 2 aromatic rings. The first kappa shape index (κ1) is 27.1. The van der Waals surface area contributed by atoms with E-state index >= 15 is 0 Å². The second kappa shape index (κ2) is 14.9. The lowest BCUT2D eigenvalue weighted by Gasteiger charge is -2.28. The Morgan fingerprint density at radius 1 is 1.06 bits per heavy atom. The summed E-state index contributed by atoms with van der Waals surface area (Å²) in [4.78, 5) is 12.0. The molecule has 0 fully saturated rings. The van der Waals surface area contributed by atoms with Crippen LogP contribution in [0.3, 0.4) is 0 Å². The van der Waals surface area contributed by atoms with Crippen molar-refractivity contribution in [2.24, 2.45) is 5.92 Å². The van der Waals surface area contributed by atoms with Gasteiger partial charge in [-0.2, -0.15) is 0 Å². The van der Waals surface area contributed by atoms with E-state index in [1.807, 2.05) is 72.5 Å². The number of carbonyl (C=O) groups is 1. The lowest BCUT2D eigenvalue weighted by atomic mass is 9.96. The van der Waals surface area contributed by atoms with E-state index in [2.05, 4.69) is 29.2 Å². The van der Waals surface area contributed by atoms with E-state index in [0.717, 1.165) is 22.4 Å². The van der Waals surface area contributed by atoms with Crippen molar-refractivity contribution in [3.63, 3.8) is 0 Å². The van der Waals surface area contributed by atoms with Crippen LogP contribution >= 0.6 is 22.6 Å². The predicted molar refractivity (Wildman–Crippen MR) is 139 cm³/mol. The Bertz CT molecular complexity index is 879. The van der Waals surface area contributed by atoms with Crippen molar-refractivity contribution in [3.8, 4) is 5.75 Å². The normalized spacial score (nSPS) is 14.2. The lowest BCUT2D eigenvalue weighted by Crippen LogP contribution is -2.33. The molecule has 178 valence electrons. The van der Waals surface area contributed by atoms with E-state index in [9.17, 15) is 4.79 Å². The second-order valence-corrected chi connectivity index (χ2v) is 8.52. The number of halogens is 1. The molecule has 0 aliphatic heterocycles. The molecular formula is C27H33IO5. The molecule has 0 bridgehead atoms. The van der Waals surface area contributed by atoms with E-state index in [1.54, 1.807) is 7.11 Å². The van der Waals surface area contributed by atoms with Crippen LogP contribution in [0.15, 0.2) is 76.9 Å². The summed E-state index contributed by atoms with van der Waals surface area (Å²) in [6.45, 7) is 8.99. The van der Waals surface area contributed by atoms with Gasteiger partial charge < -0.3 is 18.9 Å². The zero-order valence-electron chi connectivity index (χ0n) is 19.5. The molecule has 2 aromatic carbocycles. The molecule has 0 saturated carbocycles. The van der Waals surface area contributed by atoms with Crippen molar-refractivity contribution in [1.29, 1.82) is 0 Å². The molecule has 2 rings (SSSR count). The Hall–Kier alpha value is -2.16. The number of carbonyl (C=O) groups excluding carboxylic acids is 1. The van der Waals surface area contributed by atoms with Crippen LogP contribution in [0.4, 0.5) is 0 Å². The maximum Gasteiger partial charge on any atom is 0.330 e. The maximum atomic E-state index is 12.0. The third-order valence-corrected chi connectivity index (χ3v) is 6.28. The number of methoxy groups -OCH3 is 1. The molecule has 5 nitrogen and oxygen atoms in total. The average Bonchev–Trinajstić information content (AvgIpc) is 2.86. The standard InChI is InChI=1S/C27H33IO5/c1-5-27(29)33-26(21(3)17-31-18-22-9-7-6-8-10-22)15-25(20(2)16-28)32-19-23-11-13-24(30-4)14-12-23/h5-14,16,21,25-26H,1,15,17-19H2,2-4H3/b20-16+/t21-,25+,26+/m1/s1. The summed E-state index contributed by atoms with van der Waals surface area (Å²) in [7, 11) is 1.64. The van der Waals surface area contributed by atoms with Crippen molar-refractivity contribution in [2.45, 2.75) is 45.7 Å². The quantitative estimate of drug-likeness (QED) is 0.154. The highest BCUT2D eigenvalue weighted by atomic mass is 127. The van der Waals surface area contributed by atoms with Gasteiger partial charge in [-0.1, -0.05) is 78.6 Å². The van der Waals surface area contributed by atoms with Crippen molar-refractivity contribution >= 4 is 28.6 Å². The minimum absolute atomic E-state index is 0.0216. The van der Waals surface area contributed by atoms with Gasteiger partial charge in [0.2, 0.25) is 0 Å². The Kier molecular flexibility index (Phi) is 12.2. The Balaban J connectivity index is 2.03. The van der Waals surface area contributed by atoms with Crippen LogP contribution < -0.4 is 4.74 Å². The first-order valence-corrected chi connectivity index (χ1v) is 12.2. The third-order valence-electron chi connectivity index (χ3n) is 5.30. The number of benzene rings is 2. The van der Waals surface area contributed by atoms with Crippen LogP contribution in [0.25, 0.3) is 0 Å². The molecular weight excluding hydrogens is 531 g/mol. The molecule has 6 heteroatoms. The topological polar surface area (TPSA) is 54.0 Å². The SMILES string of the molecule is C=CC(=O)O[C@@H](C[C@H](OCc1ccc(OC)cc1)/C(C)=C/I)[C@H](C)COCc1ccccc1. The van der Waals surface area contributed by atoms with Gasteiger partial charge in [0.15, 0.2) is 0 Å². The number of rotatable bonds is 14. The van der Waals surface area contributed by atoms with Crippen LogP contribution in [0.2, 0.25) is 0 Å². The Morgan fingerprint density at radius 3 is 2.33 bits per heavy atom. The molecule has 0 unspecified atom stereocenters. The van der Waals surface area contributed by atoms with Gasteiger partial charge >= 0.3 is 5.97 Å². The monoisotopic (exact) mass is 564 g/mol. The van der Waals surface area contributed by atoms with Crippen molar-refractivity contribution in [3.05, 3.63) is 88.0 Å². The summed E-state index contributed by atoms with van der Waals surface area (Å²) in [5, 5.41) is 0. The molecule has 0 amide bonds. The van der Waals surface area contributed by atoms with Gasteiger partial charge in [0, 0.05) is 18.4 Å². The smallest absolute Gasteiger partial charge is 0.330 e. The van der Waals surface area contributed by atoms with Gasteiger partial charge in [0.25, 0.3) is 0 Å². The zero-order valence-corrected chi connectivity index (χ0v) is 21.7. The molecule has 0 radical (unpaired) electrons. The van der Waals surface area contributed by atoms with Gasteiger partial charge in [-0.25, -0.2) is 4.79 Å². The van der Waals surface area contributed by atoms with Crippen molar-refractivity contribution in [1.82, 2.24) is 0 Å². The first-order chi connectivity index (χ1) is 16.0. The third kappa shape index (κ3) is 9.70. The van der Waals surface area contributed by atoms with E-state index in [-0.39, 0.29) is 18.1 Å². The molecule has 0 aliphatic carbocycles. The summed E-state index contributed by atoms with van der Waals surface area (Å²) in [6, 6.07) is 17.8. The number of esters is 1. The van der Waals surface area contributed by atoms with Crippen LogP contribution in [-0.4, -0.2) is 31.9 Å². The van der Waals surface area contributed by atoms with Gasteiger partial charge in [-0.15, -0.1) is 0 Å². The summed E-state index contributed by atoms with van der Waals surface area (Å²) in [5.41, 5.74) is 3.22. The molecule has 0 heterocycles. The highest BCUT2D eigenvalue weighted by Gasteiger charge is 2.26. The first-order valence-electron chi connectivity index (χ1n) is 10.9. The fourth-order valence-corrected chi connectivity index (χ4v) is 3.62. The molecule has 0 saturated heterocycles. The molecule has 0 N–H and O–H groups in total. The molecule has 3 atom stereocenters. The highest BCUT2D eigenvalue weighted by Crippen LogP contribution is 2.23. The number of hydrogen-bond donors (Lipinski definition) is 0. The summed E-state index contributed by atoms with van der Waals surface area (Å²) in [6.07, 6.45) is 1.14. The average molecular weight is 564 g/mol. The highest BCUT2D eigenvalue weighted by molar-refractivity contribution is 14.1. The van der Waals surface area contributed by atoms with Gasteiger partial charge in [-0.05, 0) is 39.8 Å². The Morgan fingerprint density at radius 2 is 1.73 bits per heavy atom. The minimum atomic E-state index is -0.445. The molecule has 0 aliphatic rings. The summed E-state index contributed by atoms with van der Waals surface area (Å²) >= 11 is 2.21. The van der Waals surface area contributed by atoms with Crippen LogP contribution in [0.5, 0.6) is 5.75 Å². The fraction of sp³-hybridized carbons (Fsp3) is 0.370. The number of hydrogen-bond acceptors (Lipinski definition) is 5. The van der Waals surface area contributed by atoms with Gasteiger partial charge in [-0.3, -0.25) is 0 Å². The lowest BCUT2D eigenvalue weighted by molar-refractivity contribution is -0.149.